The van der Waals surface area contributed by atoms with Gasteiger partial charge in [0.25, 0.3) is 5.91 Å². The van der Waals surface area contributed by atoms with Gasteiger partial charge in [-0.1, -0.05) is 23.2 Å². The minimum absolute atomic E-state index is 0.0678. The highest BCUT2D eigenvalue weighted by Crippen LogP contribution is 2.23. The molecular weight excluding hydrogens is 259 g/mol. The molecule has 3 nitrogen and oxygen atoms in total. The van der Waals surface area contributed by atoms with Crippen LogP contribution in [0.25, 0.3) is 0 Å². The molecule has 0 spiro atoms. The summed E-state index contributed by atoms with van der Waals surface area (Å²) in [5.74, 6) is -0.0678. The van der Waals surface area contributed by atoms with Crippen molar-refractivity contribution in [3.8, 4) is 0 Å². The Morgan fingerprint density at radius 2 is 2.18 bits per heavy atom. The van der Waals surface area contributed by atoms with Crippen molar-refractivity contribution in [3.63, 3.8) is 0 Å². The molecule has 0 radical (unpaired) electrons. The molecule has 2 N–H and O–H groups in total. The van der Waals surface area contributed by atoms with Gasteiger partial charge >= 0.3 is 0 Å². The molecule has 17 heavy (non-hydrogen) atoms. The van der Waals surface area contributed by atoms with Crippen LogP contribution in [0.4, 0.5) is 0 Å². The van der Waals surface area contributed by atoms with Gasteiger partial charge in [0.1, 0.15) is 0 Å². The van der Waals surface area contributed by atoms with E-state index in [4.69, 9.17) is 28.9 Å². The topological polar surface area (TPSA) is 46.3 Å². The Balaban J connectivity index is 2.18. The lowest BCUT2D eigenvalue weighted by molar-refractivity contribution is 0.0709. The van der Waals surface area contributed by atoms with Gasteiger partial charge in [0.15, 0.2) is 0 Å². The number of nitrogens with zero attached hydrogens (tertiary/aromatic N) is 1. The molecule has 1 aliphatic rings. The molecule has 5 heteroatoms. The van der Waals surface area contributed by atoms with Crippen molar-refractivity contribution in [2.24, 2.45) is 5.73 Å². The normalized spacial score (nSPS) is 20.4. The molecule has 0 aliphatic carbocycles. The van der Waals surface area contributed by atoms with Crippen LogP contribution in [0, 0.1) is 0 Å². The highest BCUT2D eigenvalue weighted by Gasteiger charge is 2.23. The molecule has 2 rings (SSSR count). The number of hydrogen-bond donors (Lipinski definition) is 1. The van der Waals surface area contributed by atoms with Crippen LogP contribution in [0.3, 0.4) is 0 Å². The second-order valence-electron chi connectivity index (χ2n) is 4.28. The van der Waals surface area contributed by atoms with Crippen LogP contribution in [-0.4, -0.2) is 29.9 Å². The summed E-state index contributed by atoms with van der Waals surface area (Å²) in [7, 11) is 0. The molecular formula is C12H14Cl2N2O. The molecule has 1 aromatic rings. The predicted molar refractivity (Wildman–Crippen MR) is 69.6 cm³/mol. The lowest BCUT2D eigenvalue weighted by Crippen LogP contribution is -2.45. The molecule has 1 aromatic carbocycles. The number of nitrogens with two attached hydrogens (primary N) is 1. The van der Waals surface area contributed by atoms with Crippen LogP contribution in [0.2, 0.25) is 10.0 Å². The molecule has 92 valence electrons. The van der Waals surface area contributed by atoms with E-state index >= 15 is 0 Å². The lowest BCUT2D eigenvalue weighted by Gasteiger charge is -2.31. The summed E-state index contributed by atoms with van der Waals surface area (Å²) < 4.78 is 0. The Bertz CT molecular complexity index is 437. The lowest BCUT2D eigenvalue weighted by atomic mass is 10.1. The highest BCUT2D eigenvalue weighted by molar-refractivity contribution is 6.36. The average Bonchev–Trinajstić information content (AvgIpc) is 2.28. The second kappa shape index (κ2) is 5.25. The van der Waals surface area contributed by atoms with E-state index in [2.05, 4.69) is 0 Å². The molecule has 0 unspecified atom stereocenters. The summed E-state index contributed by atoms with van der Waals surface area (Å²) in [4.78, 5) is 14.0. The number of carbonyl (C=O) groups is 1. The minimum Gasteiger partial charge on any atom is -0.337 e. The Hall–Kier alpha value is -0.770. The fourth-order valence-corrected chi connectivity index (χ4v) is 2.52. The third-order valence-electron chi connectivity index (χ3n) is 2.91. The van der Waals surface area contributed by atoms with Crippen molar-refractivity contribution >= 4 is 29.1 Å². The fraction of sp³-hybridized carbons (Fsp3) is 0.417. The van der Waals surface area contributed by atoms with Gasteiger partial charge in [-0.25, -0.2) is 0 Å². The quantitative estimate of drug-likeness (QED) is 0.854. The van der Waals surface area contributed by atoms with Crippen molar-refractivity contribution < 1.29 is 4.79 Å². The zero-order valence-corrected chi connectivity index (χ0v) is 10.8. The molecule has 1 fully saturated rings. The molecule has 1 heterocycles. The van der Waals surface area contributed by atoms with Crippen molar-refractivity contribution in [1.82, 2.24) is 4.90 Å². The van der Waals surface area contributed by atoms with Gasteiger partial charge in [0, 0.05) is 24.2 Å². The second-order valence-corrected chi connectivity index (χ2v) is 5.12. The number of carbonyl (C=O) groups excluding carboxylic acids is 1. The summed E-state index contributed by atoms with van der Waals surface area (Å²) in [5.41, 5.74) is 6.35. The molecule has 1 saturated heterocycles. The minimum atomic E-state index is -0.0678. The smallest absolute Gasteiger partial charge is 0.255 e. The van der Waals surface area contributed by atoms with E-state index in [1.54, 1.807) is 23.1 Å². The summed E-state index contributed by atoms with van der Waals surface area (Å²) in [6.07, 6.45) is 1.91. The fourth-order valence-electron chi connectivity index (χ4n) is 2.03. The molecule has 0 bridgehead atoms. The summed E-state index contributed by atoms with van der Waals surface area (Å²) in [5, 5.41) is 0.920. The van der Waals surface area contributed by atoms with Gasteiger partial charge in [-0.15, -0.1) is 0 Å². The number of likely N-dealkylation sites (tertiary alicyclic amines) is 1. The van der Waals surface area contributed by atoms with E-state index in [0.717, 1.165) is 19.4 Å². The molecule has 1 atom stereocenters. The van der Waals surface area contributed by atoms with E-state index < -0.39 is 0 Å². The first kappa shape index (κ1) is 12.7. The number of piperidine rings is 1. The first-order valence-corrected chi connectivity index (χ1v) is 6.33. The van der Waals surface area contributed by atoms with Crippen molar-refractivity contribution in [2.45, 2.75) is 18.9 Å². The number of hydrogen-bond acceptors (Lipinski definition) is 2. The zero-order valence-electron chi connectivity index (χ0n) is 9.33. The maximum atomic E-state index is 12.2. The highest BCUT2D eigenvalue weighted by atomic mass is 35.5. The summed E-state index contributed by atoms with van der Waals surface area (Å²) in [6.45, 7) is 1.34. The van der Waals surface area contributed by atoms with Gasteiger partial charge in [0.05, 0.1) is 10.6 Å². The zero-order chi connectivity index (χ0) is 12.4. The third-order valence-corrected chi connectivity index (χ3v) is 3.45. The van der Waals surface area contributed by atoms with Crippen LogP contribution in [-0.2, 0) is 0 Å². The molecule has 0 aromatic heterocycles. The third kappa shape index (κ3) is 2.92. The van der Waals surface area contributed by atoms with Crippen LogP contribution < -0.4 is 5.73 Å². The maximum absolute atomic E-state index is 12.2. The Labute approximate surface area is 110 Å². The number of amides is 1. The van der Waals surface area contributed by atoms with E-state index in [1.165, 1.54) is 0 Å². The standard InChI is InChI=1S/C12H14Cl2N2O/c13-8-3-4-10(11(14)6-8)12(17)16-5-1-2-9(15)7-16/h3-4,6,9H,1-2,5,7,15H2/t9-/m1/s1. The van der Waals surface area contributed by atoms with E-state index in [0.29, 0.717) is 22.2 Å². The van der Waals surface area contributed by atoms with Crippen LogP contribution in [0.15, 0.2) is 18.2 Å². The SMILES string of the molecule is N[C@@H]1CCCN(C(=O)c2ccc(Cl)cc2Cl)C1. The van der Waals surface area contributed by atoms with Gasteiger partial charge < -0.3 is 10.6 Å². The van der Waals surface area contributed by atoms with Crippen molar-refractivity contribution in [3.05, 3.63) is 33.8 Å². The Morgan fingerprint density at radius 3 is 2.82 bits per heavy atom. The van der Waals surface area contributed by atoms with E-state index in [-0.39, 0.29) is 11.9 Å². The van der Waals surface area contributed by atoms with E-state index in [9.17, 15) is 4.79 Å². The molecule has 1 aliphatic heterocycles. The predicted octanol–water partition coefficient (Wildman–Crippen LogP) is 2.56. The monoisotopic (exact) mass is 272 g/mol. The number of halogens is 2. The summed E-state index contributed by atoms with van der Waals surface area (Å²) >= 11 is 11.8. The number of benzene rings is 1. The van der Waals surface area contributed by atoms with Gasteiger partial charge in [0.2, 0.25) is 0 Å². The largest absolute Gasteiger partial charge is 0.337 e. The first-order chi connectivity index (χ1) is 8.08. The summed E-state index contributed by atoms with van der Waals surface area (Å²) in [6, 6.07) is 4.98. The Morgan fingerprint density at radius 1 is 1.41 bits per heavy atom. The van der Waals surface area contributed by atoms with Crippen LogP contribution in [0.5, 0.6) is 0 Å². The molecule has 0 saturated carbocycles. The molecule has 1 amide bonds. The van der Waals surface area contributed by atoms with Gasteiger partial charge in [-0.3, -0.25) is 4.79 Å². The Kier molecular flexibility index (Phi) is 3.92. The van der Waals surface area contributed by atoms with Gasteiger partial charge in [-0.05, 0) is 31.0 Å². The van der Waals surface area contributed by atoms with Crippen molar-refractivity contribution in [1.29, 1.82) is 0 Å². The first-order valence-electron chi connectivity index (χ1n) is 5.58. The maximum Gasteiger partial charge on any atom is 0.255 e. The van der Waals surface area contributed by atoms with E-state index in [1.807, 2.05) is 0 Å². The van der Waals surface area contributed by atoms with Gasteiger partial charge in [-0.2, -0.15) is 0 Å². The average molecular weight is 273 g/mol. The van der Waals surface area contributed by atoms with Crippen molar-refractivity contribution in [2.75, 3.05) is 13.1 Å². The van der Waals surface area contributed by atoms with Crippen LogP contribution in [0.1, 0.15) is 23.2 Å². The van der Waals surface area contributed by atoms with Crippen LogP contribution >= 0.6 is 23.2 Å². The number of rotatable bonds is 1.